The third-order valence-electron chi connectivity index (χ3n) is 2.87. The van der Waals surface area contributed by atoms with E-state index < -0.39 is 6.10 Å². The Balaban J connectivity index is 2.16. The van der Waals surface area contributed by atoms with Crippen molar-refractivity contribution in [3.05, 3.63) is 17.3 Å². The zero-order valence-corrected chi connectivity index (χ0v) is 10.7. The van der Waals surface area contributed by atoms with E-state index in [1.165, 1.54) is 0 Å². The Labute approximate surface area is 106 Å². The van der Waals surface area contributed by atoms with Gasteiger partial charge in [-0.25, -0.2) is 4.98 Å². The Morgan fingerprint density at radius 3 is 3.06 bits per heavy atom. The molecule has 0 spiro atoms. The predicted molar refractivity (Wildman–Crippen MR) is 63.3 cm³/mol. The largest absolute Gasteiger partial charge is 0.435 e. The Bertz CT molecular complexity index is 430. The molecule has 1 aliphatic rings. The molecular formula is C12H18N2O4. The number of ether oxygens (including phenoxy) is 1. The minimum absolute atomic E-state index is 0.232. The predicted octanol–water partition coefficient (Wildman–Crippen LogP) is 0.379. The van der Waals surface area contributed by atoms with Crippen molar-refractivity contribution in [1.29, 1.82) is 0 Å². The standard InChI is InChI=1S/C12H18N2O4/c1-3-10-13-8(2)11(18-10)12(16)14-4-5-17-7-9(15)6-14/h9,15H,3-7H2,1-2H3. The van der Waals surface area contributed by atoms with E-state index in [0.29, 0.717) is 31.2 Å². The number of amides is 1. The summed E-state index contributed by atoms with van der Waals surface area (Å²) < 4.78 is 10.6. The minimum Gasteiger partial charge on any atom is -0.435 e. The number of nitrogens with zero attached hydrogens (tertiary/aromatic N) is 2. The number of aliphatic hydroxyl groups is 1. The number of carbonyl (C=O) groups excluding carboxylic acids is 1. The SMILES string of the molecule is CCc1nc(C)c(C(=O)N2CCOCC(O)C2)o1. The molecule has 18 heavy (non-hydrogen) atoms. The lowest BCUT2D eigenvalue weighted by molar-refractivity contribution is 0.0525. The number of oxazole rings is 1. The molecule has 1 aromatic rings. The van der Waals surface area contributed by atoms with E-state index >= 15 is 0 Å². The minimum atomic E-state index is -0.648. The molecule has 0 aliphatic carbocycles. The van der Waals surface area contributed by atoms with E-state index in [4.69, 9.17) is 9.15 Å². The molecule has 0 radical (unpaired) electrons. The van der Waals surface area contributed by atoms with Gasteiger partial charge in [0.05, 0.1) is 25.0 Å². The van der Waals surface area contributed by atoms with E-state index in [1.807, 2.05) is 6.92 Å². The van der Waals surface area contributed by atoms with Crippen LogP contribution in [0.4, 0.5) is 0 Å². The van der Waals surface area contributed by atoms with Gasteiger partial charge in [0.25, 0.3) is 5.91 Å². The third-order valence-corrected chi connectivity index (χ3v) is 2.87. The molecule has 6 heteroatoms. The second-order valence-electron chi connectivity index (χ2n) is 4.36. The quantitative estimate of drug-likeness (QED) is 0.825. The van der Waals surface area contributed by atoms with Crippen LogP contribution in [-0.4, -0.2) is 53.3 Å². The molecule has 1 atom stereocenters. The van der Waals surface area contributed by atoms with Crippen LogP contribution in [0.1, 0.15) is 29.1 Å². The zero-order chi connectivity index (χ0) is 13.1. The summed E-state index contributed by atoms with van der Waals surface area (Å²) in [5, 5.41) is 9.61. The zero-order valence-electron chi connectivity index (χ0n) is 10.7. The van der Waals surface area contributed by atoms with Gasteiger partial charge >= 0.3 is 0 Å². The van der Waals surface area contributed by atoms with Crippen molar-refractivity contribution in [3.8, 4) is 0 Å². The summed E-state index contributed by atoms with van der Waals surface area (Å²) in [6.07, 6.45) is 0.00479. The topological polar surface area (TPSA) is 75.8 Å². The molecule has 1 fully saturated rings. The van der Waals surface area contributed by atoms with Gasteiger partial charge in [0, 0.05) is 19.5 Å². The number of aromatic nitrogens is 1. The van der Waals surface area contributed by atoms with Crippen molar-refractivity contribution in [2.24, 2.45) is 0 Å². The second-order valence-corrected chi connectivity index (χ2v) is 4.36. The van der Waals surface area contributed by atoms with E-state index in [9.17, 15) is 9.90 Å². The number of hydrogen-bond acceptors (Lipinski definition) is 5. The molecule has 1 unspecified atom stereocenters. The third kappa shape index (κ3) is 2.70. The summed E-state index contributed by atoms with van der Waals surface area (Å²) in [5.74, 6) is 0.590. The van der Waals surface area contributed by atoms with Gasteiger partial charge in [-0.05, 0) is 6.92 Å². The van der Waals surface area contributed by atoms with Gasteiger partial charge in [0.15, 0.2) is 5.89 Å². The van der Waals surface area contributed by atoms with E-state index in [-0.39, 0.29) is 24.8 Å². The van der Waals surface area contributed by atoms with Crippen molar-refractivity contribution >= 4 is 5.91 Å². The van der Waals surface area contributed by atoms with Gasteiger partial charge in [-0.3, -0.25) is 4.79 Å². The van der Waals surface area contributed by atoms with Crippen LogP contribution >= 0.6 is 0 Å². The van der Waals surface area contributed by atoms with Gasteiger partial charge in [-0.15, -0.1) is 0 Å². The van der Waals surface area contributed by atoms with Gasteiger partial charge in [0.1, 0.15) is 0 Å². The molecule has 1 N–H and O–H groups in total. The van der Waals surface area contributed by atoms with Crippen molar-refractivity contribution in [2.45, 2.75) is 26.4 Å². The Hall–Kier alpha value is -1.40. The van der Waals surface area contributed by atoms with Crippen LogP contribution in [0.25, 0.3) is 0 Å². The van der Waals surface area contributed by atoms with Crippen LogP contribution in [0, 0.1) is 6.92 Å². The fourth-order valence-corrected chi connectivity index (χ4v) is 1.92. The van der Waals surface area contributed by atoms with Gasteiger partial charge in [-0.2, -0.15) is 0 Å². The Morgan fingerprint density at radius 1 is 1.61 bits per heavy atom. The summed E-state index contributed by atoms with van der Waals surface area (Å²) in [4.78, 5) is 18.0. The van der Waals surface area contributed by atoms with Crippen LogP contribution in [0.3, 0.4) is 0 Å². The summed E-state index contributed by atoms with van der Waals surface area (Å²) in [6.45, 7) is 5.08. The normalized spacial score (nSPS) is 20.8. The molecule has 0 saturated carbocycles. The Morgan fingerprint density at radius 2 is 2.39 bits per heavy atom. The van der Waals surface area contributed by atoms with Gasteiger partial charge in [0.2, 0.25) is 5.76 Å². The first-order valence-corrected chi connectivity index (χ1v) is 6.13. The fraction of sp³-hybridized carbons (Fsp3) is 0.667. The maximum Gasteiger partial charge on any atom is 0.291 e. The highest BCUT2D eigenvalue weighted by Gasteiger charge is 2.26. The highest BCUT2D eigenvalue weighted by Crippen LogP contribution is 2.14. The number of β-amino-alcohol motifs (C(OH)–C–C–N with tert-alkyl or cyclic N) is 1. The van der Waals surface area contributed by atoms with Crippen LogP contribution in [0.15, 0.2) is 4.42 Å². The first-order chi connectivity index (χ1) is 8.61. The molecule has 1 aromatic heterocycles. The lowest BCUT2D eigenvalue weighted by Gasteiger charge is -2.20. The maximum absolute atomic E-state index is 12.3. The molecular weight excluding hydrogens is 236 g/mol. The molecule has 2 heterocycles. The average Bonchev–Trinajstić information content (AvgIpc) is 2.59. The molecule has 0 aromatic carbocycles. The monoisotopic (exact) mass is 254 g/mol. The van der Waals surface area contributed by atoms with Gasteiger partial charge < -0.3 is 19.2 Å². The maximum atomic E-state index is 12.3. The van der Waals surface area contributed by atoms with Crippen LogP contribution < -0.4 is 0 Å². The highest BCUT2D eigenvalue weighted by molar-refractivity contribution is 5.92. The molecule has 100 valence electrons. The number of rotatable bonds is 2. The first-order valence-electron chi connectivity index (χ1n) is 6.13. The highest BCUT2D eigenvalue weighted by atomic mass is 16.5. The molecule has 6 nitrogen and oxygen atoms in total. The van der Waals surface area contributed by atoms with E-state index in [2.05, 4.69) is 4.98 Å². The number of aryl methyl sites for hydroxylation is 2. The number of aliphatic hydroxyl groups excluding tert-OH is 1. The van der Waals surface area contributed by atoms with Crippen molar-refractivity contribution in [2.75, 3.05) is 26.3 Å². The van der Waals surface area contributed by atoms with E-state index in [0.717, 1.165) is 0 Å². The van der Waals surface area contributed by atoms with Crippen molar-refractivity contribution < 1.29 is 19.1 Å². The molecule has 1 amide bonds. The smallest absolute Gasteiger partial charge is 0.291 e. The van der Waals surface area contributed by atoms with E-state index in [1.54, 1.807) is 11.8 Å². The molecule has 2 rings (SSSR count). The average molecular weight is 254 g/mol. The number of hydrogen-bond donors (Lipinski definition) is 1. The summed E-state index contributed by atoms with van der Waals surface area (Å²) >= 11 is 0. The van der Waals surface area contributed by atoms with Gasteiger partial charge in [-0.1, -0.05) is 6.92 Å². The summed E-state index contributed by atoms with van der Waals surface area (Å²) in [6, 6.07) is 0. The number of carbonyl (C=O) groups is 1. The molecule has 1 saturated heterocycles. The lowest BCUT2D eigenvalue weighted by Crippen LogP contribution is -2.37. The van der Waals surface area contributed by atoms with Crippen molar-refractivity contribution in [3.63, 3.8) is 0 Å². The summed E-state index contributed by atoms with van der Waals surface area (Å²) in [5.41, 5.74) is 0.594. The van der Waals surface area contributed by atoms with Crippen LogP contribution in [0.5, 0.6) is 0 Å². The molecule has 1 aliphatic heterocycles. The lowest BCUT2D eigenvalue weighted by atomic mass is 10.3. The Kier molecular flexibility index (Phi) is 3.98. The summed E-state index contributed by atoms with van der Waals surface area (Å²) in [7, 11) is 0. The molecule has 0 bridgehead atoms. The van der Waals surface area contributed by atoms with Crippen LogP contribution in [0.2, 0.25) is 0 Å². The first kappa shape index (κ1) is 13.0. The van der Waals surface area contributed by atoms with Crippen molar-refractivity contribution in [1.82, 2.24) is 9.88 Å². The fourth-order valence-electron chi connectivity index (χ4n) is 1.92. The second kappa shape index (κ2) is 5.49. The van der Waals surface area contributed by atoms with Crippen LogP contribution in [-0.2, 0) is 11.2 Å².